The minimum atomic E-state index is -0.950. The number of hydrogen-bond donors (Lipinski definition) is 1. The SMILES string of the molecule is CC(=CC1C(C(=O)OCc2ccccc2)C1(C)C)C(=O)O. The summed E-state index contributed by atoms with van der Waals surface area (Å²) < 4.78 is 5.34. The Labute approximate surface area is 124 Å². The van der Waals surface area contributed by atoms with Gasteiger partial charge >= 0.3 is 11.9 Å². The molecular formula is C17H20O4. The Morgan fingerprint density at radius 2 is 1.90 bits per heavy atom. The number of carbonyl (C=O) groups is 2. The highest BCUT2D eigenvalue weighted by atomic mass is 16.5. The fourth-order valence-electron chi connectivity index (χ4n) is 2.60. The summed E-state index contributed by atoms with van der Waals surface area (Å²) in [7, 11) is 0. The van der Waals surface area contributed by atoms with Crippen LogP contribution >= 0.6 is 0 Å². The van der Waals surface area contributed by atoms with Crippen molar-refractivity contribution in [2.24, 2.45) is 17.3 Å². The highest BCUT2D eigenvalue weighted by Crippen LogP contribution is 2.59. The van der Waals surface area contributed by atoms with Crippen molar-refractivity contribution in [2.45, 2.75) is 27.4 Å². The monoisotopic (exact) mass is 288 g/mol. The molecule has 1 saturated carbocycles. The number of aliphatic carboxylic acids is 1. The minimum Gasteiger partial charge on any atom is -0.478 e. The van der Waals surface area contributed by atoms with E-state index in [4.69, 9.17) is 9.84 Å². The van der Waals surface area contributed by atoms with Crippen LogP contribution in [0.2, 0.25) is 0 Å². The van der Waals surface area contributed by atoms with Gasteiger partial charge in [-0.05, 0) is 23.8 Å². The predicted molar refractivity (Wildman–Crippen MR) is 78.4 cm³/mol. The molecular weight excluding hydrogens is 268 g/mol. The first-order chi connectivity index (χ1) is 9.84. The summed E-state index contributed by atoms with van der Waals surface area (Å²) in [5.41, 5.74) is 0.967. The minimum absolute atomic E-state index is 0.0723. The Bertz CT molecular complexity index is 572. The second-order valence-electron chi connectivity index (χ2n) is 6.07. The quantitative estimate of drug-likeness (QED) is 0.668. The van der Waals surface area contributed by atoms with E-state index >= 15 is 0 Å². The van der Waals surface area contributed by atoms with E-state index in [2.05, 4.69) is 0 Å². The highest BCUT2D eigenvalue weighted by molar-refractivity contribution is 5.86. The molecule has 0 heterocycles. The second kappa shape index (κ2) is 5.72. The van der Waals surface area contributed by atoms with Gasteiger partial charge in [0.15, 0.2) is 0 Å². The Morgan fingerprint density at radius 1 is 1.29 bits per heavy atom. The van der Waals surface area contributed by atoms with Gasteiger partial charge < -0.3 is 9.84 Å². The van der Waals surface area contributed by atoms with Gasteiger partial charge in [-0.15, -0.1) is 0 Å². The largest absolute Gasteiger partial charge is 0.478 e. The van der Waals surface area contributed by atoms with E-state index in [9.17, 15) is 9.59 Å². The van der Waals surface area contributed by atoms with Crippen LogP contribution in [0.15, 0.2) is 42.0 Å². The third kappa shape index (κ3) is 3.32. The van der Waals surface area contributed by atoms with Gasteiger partial charge in [-0.25, -0.2) is 4.79 Å². The van der Waals surface area contributed by atoms with Crippen molar-refractivity contribution in [2.75, 3.05) is 0 Å². The van der Waals surface area contributed by atoms with Crippen molar-refractivity contribution in [3.8, 4) is 0 Å². The third-order valence-corrected chi connectivity index (χ3v) is 4.16. The van der Waals surface area contributed by atoms with Crippen molar-refractivity contribution in [3.63, 3.8) is 0 Å². The first kappa shape index (κ1) is 15.3. The van der Waals surface area contributed by atoms with Crippen LogP contribution < -0.4 is 0 Å². The molecule has 0 radical (unpaired) electrons. The second-order valence-corrected chi connectivity index (χ2v) is 6.07. The highest BCUT2D eigenvalue weighted by Gasteiger charge is 2.61. The van der Waals surface area contributed by atoms with Crippen molar-refractivity contribution < 1.29 is 19.4 Å². The van der Waals surface area contributed by atoms with Gasteiger partial charge in [0.2, 0.25) is 0 Å². The normalized spacial score (nSPS) is 23.5. The molecule has 0 aliphatic heterocycles. The number of hydrogen-bond acceptors (Lipinski definition) is 3. The summed E-state index contributed by atoms with van der Waals surface area (Å²) in [6.45, 7) is 5.71. The lowest BCUT2D eigenvalue weighted by atomic mass is 10.1. The van der Waals surface area contributed by atoms with Gasteiger partial charge in [0.1, 0.15) is 6.61 Å². The average Bonchev–Trinajstić information content (AvgIpc) is 2.98. The summed E-state index contributed by atoms with van der Waals surface area (Å²) in [6, 6.07) is 9.50. The summed E-state index contributed by atoms with van der Waals surface area (Å²) in [5, 5.41) is 8.92. The van der Waals surface area contributed by atoms with Crippen LogP contribution in [0.1, 0.15) is 26.3 Å². The average molecular weight is 288 g/mol. The van der Waals surface area contributed by atoms with Crippen LogP contribution in [-0.4, -0.2) is 17.0 Å². The Kier molecular flexibility index (Phi) is 4.16. The molecule has 0 saturated heterocycles. The lowest BCUT2D eigenvalue weighted by molar-refractivity contribution is -0.147. The predicted octanol–water partition coefficient (Wildman–Crippen LogP) is 3.03. The number of allylic oxidation sites excluding steroid dienone is 1. The number of esters is 1. The van der Waals surface area contributed by atoms with Crippen LogP contribution in [-0.2, 0) is 20.9 Å². The van der Waals surface area contributed by atoms with E-state index in [-0.39, 0.29) is 35.4 Å². The Hall–Kier alpha value is -2.10. The number of rotatable bonds is 5. The number of ether oxygens (including phenoxy) is 1. The standard InChI is InChI=1S/C17H20O4/c1-11(15(18)19)9-13-14(17(13,2)3)16(20)21-10-12-7-5-4-6-8-12/h4-9,13-14H,10H2,1-3H3,(H,18,19). The Morgan fingerprint density at radius 3 is 2.48 bits per heavy atom. The number of benzene rings is 1. The van der Waals surface area contributed by atoms with E-state index in [1.807, 2.05) is 44.2 Å². The number of carbonyl (C=O) groups excluding carboxylic acids is 1. The number of carboxylic acid groups (broad SMARTS) is 1. The lowest BCUT2D eigenvalue weighted by Crippen LogP contribution is -2.10. The van der Waals surface area contributed by atoms with Gasteiger partial charge in [0.25, 0.3) is 0 Å². The molecule has 1 fully saturated rings. The molecule has 1 aromatic carbocycles. The first-order valence-electron chi connectivity index (χ1n) is 6.96. The maximum absolute atomic E-state index is 12.2. The first-order valence-corrected chi connectivity index (χ1v) is 6.96. The molecule has 0 amide bonds. The lowest BCUT2D eigenvalue weighted by Gasteiger charge is -2.05. The summed E-state index contributed by atoms with van der Waals surface area (Å²) >= 11 is 0. The van der Waals surface area contributed by atoms with Gasteiger partial charge in [0, 0.05) is 5.57 Å². The molecule has 1 aliphatic rings. The molecule has 4 nitrogen and oxygen atoms in total. The van der Waals surface area contributed by atoms with E-state index < -0.39 is 5.97 Å². The summed E-state index contributed by atoms with van der Waals surface area (Å²) in [6.07, 6.45) is 1.66. The zero-order valence-corrected chi connectivity index (χ0v) is 12.5. The van der Waals surface area contributed by atoms with Gasteiger partial charge in [-0.1, -0.05) is 50.3 Å². The molecule has 2 rings (SSSR count). The molecule has 4 heteroatoms. The van der Waals surface area contributed by atoms with Gasteiger partial charge in [0.05, 0.1) is 5.92 Å². The molecule has 1 aliphatic carbocycles. The van der Waals surface area contributed by atoms with Crippen LogP contribution in [0.25, 0.3) is 0 Å². The number of carboxylic acids is 1. The maximum atomic E-state index is 12.2. The van der Waals surface area contributed by atoms with Gasteiger partial charge in [-0.2, -0.15) is 0 Å². The van der Waals surface area contributed by atoms with E-state index in [0.29, 0.717) is 0 Å². The summed E-state index contributed by atoms with van der Waals surface area (Å²) in [4.78, 5) is 23.0. The molecule has 21 heavy (non-hydrogen) atoms. The summed E-state index contributed by atoms with van der Waals surface area (Å²) in [5.74, 6) is -1.55. The fraction of sp³-hybridized carbons (Fsp3) is 0.412. The molecule has 1 N–H and O–H groups in total. The molecule has 0 aromatic heterocycles. The topological polar surface area (TPSA) is 63.6 Å². The van der Waals surface area contributed by atoms with Crippen molar-refractivity contribution in [1.82, 2.24) is 0 Å². The molecule has 1 aromatic rings. The van der Waals surface area contributed by atoms with Crippen molar-refractivity contribution >= 4 is 11.9 Å². The third-order valence-electron chi connectivity index (χ3n) is 4.16. The Balaban J connectivity index is 1.97. The smallest absolute Gasteiger partial charge is 0.330 e. The van der Waals surface area contributed by atoms with Crippen molar-refractivity contribution in [3.05, 3.63) is 47.5 Å². The van der Waals surface area contributed by atoms with Crippen LogP contribution in [0, 0.1) is 17.3 Å². The molecule has 0 spiro atoms. The van der Waals surface area contributed by atoms with Crippen molar-refractivity contribution in [1.29, 1.82) is 0 Å². The van der Waals surface area contributed by atoms with Crippen LogP contribution in [0.3, 0.4) is 0 Å². The van der Waals surface area contributed by atoms with Crippen LogP contribution in [0.5, 0.6) is 0 Å². The van der Waals surface area contributed by atoms with E-state index in [1.165, 1.54) is 0 Å². The molecule has 0 bridgehead atoms. The fourth-order valence-corrected chi connectivity index (χ4v) is 2.60. The zero-order chi connectivity index (χ0) is 15.6. The maximum Gasteiger partial charge on any atom is 0.330 e. The molecule has 2 unspecified atom stereocenters. The van der Waals surface area contributed by atoms with Crippen LogP contribution in [0.4, 0.5) is 0 Å². The van der Waals surface area contributed by atoms with E-state index in [0.717, 1.165) is 5.56 Å². The molecule has 2 atom stereocenters. The zero-order valence-electron chi connectivity index (χ0n) is 12.5. The van der Waals surface area contributed by atoms with E-state index in [1.54, 1.807) is 13.0 Å². The molecule has 112 valence electrons. The van der Waals surface area contributed by atoms with Gasteiger partial charge in [-0.3, -0.25) is 4.79 Å².